The van der Waals surface area contributed by atoms with Crippen LogP contribution in [0.4, 0.5) is 0 Å². The van der Waals surface area contributed by atoms with Gasteiger partial charge in [0.05, 0.1) is 0 Å². The predicted molar refractivity (Wildman–Crippen MR) is 73.0 cm³/mol. The molecule has 18 heavy (non-hydrogen) atoms. The summed E-state index contributed by atoms with van der Waals surface area (Å²) in [6.45, 7) is 3.15. The molecule has 1 aromatic rings. The number of aryl methyl sites for hydroxylation is 1. The highest BCUT2D eigenvalue weighted by molar-refractivity contribution is 5.27. The molecular weight excluding hydrogens is 226 g/mol. The van der Waals surface area contributed by atoms with Crippen molar-refractivity contribution in [2.45, 2.75) is 44.8 Å². The summed E-state index contributed by atoms with van der Waals surface area (Å²) in [6, 6.07) is 8.77. The number of hydrogen-bond acceptors (Lipinski definition) is 3. The lowest BCUT2D eigenvalue weighted by atomic mass is 10.1. The van der Waals surface area contributed by atoms with Crippen LogP contribution in [0.25, 0.3) is 0 Å². The Morgan fingerprint density at radius 1 is 1.33 bits per heavy atom. The molecule has 1 atom stereocenters. The van der Waals surface area contributed by atoms with E-state index < -0.39 is 6.10 Å². The van der Waals surface area contributed by atoms with Gasteiger partial charge < -0.3 is 15.2 Å². The van der Waals surface area contributed by atoms with Crippen molar-refractivity contribution in [1.82, 2.24) is 5.32 Å². The van der Waals surface area contributed by atoms with Crippen molar-refractivity contribution in [1.29, 1.82) is 0 Å². The molecule has 0 saturated heterocycles. The first-order valence-electron chi connectivity index (χ1n) is 6.91. The second-order valence-electron chi connectivity index (χ2n) is 5.04. The van der Waals surface area contributed by atoms with Gasteiger partial charge >= 0.3 is 0 Å². The van der Waals surface area contributed by atoms with Gasteiger partial charge in [0.25, 0.3) is 0 Å². The smallest absolute Gasteiger partial charge is 0.119 e. The zero-order chi connectivity index (χ0) is 12.8. The summed E-state index contributed by atoms with van der Waals surface area (Å²) in [4.78, 5) is 0. The van der Waals surface area contributed by atoms with E-state index in [0.29, 0.717) is 19.2 Å². The molecule has 1 unspecified atom stereocenters. The fraction of sp³-hybridized carbons (Fsp3) is 0.600. The summed E-state index contributed by atoms with van der Waals surface area (Å²) in [5.74, 6) is 0.834. The highest BCUT2D eigenvalue weighted by Crippen LogP contribution is 2.18. The van der Waals surface area contributed by atoms with Crippen LogP contribution in [-0.4, -0.2) is 30.4 Å². The van der Waals surface area contributed by atoms with Crippen molar-refractivity contribution in [3.63, 3.8) is 0 Å². The van der Waals surface area contributed by atoms with Crippen LogP contribution in [0.3, 0.4) is 0 Å². The molecule has 3 nitrogen and oxygen atoms in total. The van der Waals surface area contributed by atoms with Crippen molar-refractivity contribution in [2.24, 2.45) is 0 Å². The van der Waals surface area contributed by atoms with Crippen LogP contribution in [0, 0.1) is 0 Å². The maximum atomic E-state index is 9.74. The van der Waals surface area contributed by atoms with Crippen LogP contribution >= 0.6 is 0 Å². The van der Waals surface area contributed by atoms with E-state index in [1.165, 1.54) is 18.4 Å². The van der Waals surface area contributed by atoms with E-state index in [1.807, 2.05) is 12.1 Å². The molecule has 0 spiro atoms. The Bertz CT molecular complexity index is 346. The monoisotopic (exact) mass is 249 g/mol. The minimum Gasteiger partial charge on any atom is -0.491 e. The van der Waals surface area contributed by atoms with E-state index in [9.17, 15) is 5.11 Å². The highest BCUT2D eigenvalue weighted by Gasteiger charge is 2.21. The van der Waals surface area contributed by atoms with Crippen LogP contribution < -0.4 is 10.1 Å². The molecule has 0 amide bonds. The Labute approximate surface area is 109 Å². The molecule has 2 N–H and O–H groups in total. The summed E-state index contributed by atoms with van der Waals surface area (Å²) in [7, 11) is 0. The number of nitrogens with one attached hydrogen (secondary N) is 1. The van der Waals surface area contributed by atoms with Crippen molar-refractivity contribution in [3.05, 3.63) is 29.8 Å². The average Bonchev–Trinajstić information content (AvgIpc) is 3.20. The molecule has 1 aliphatic rings. The van der Waals surface area contributed by atoms with Gasteiger partial charge in [-0.3, -0.25) is 0 Å². The SMILES string of the molecule is CCCc1ccc(OCC(O)CNC2CC2)cc1. The quantitative estimate of drug-likeness (QED) is 0.741. The van der Waals surface area contributed by atoms with Crippen LogP contribution in [0.5, 0.6) is 5.75 Å². The van der Waals surface area contributed by atoms with Gasteiger partial charge in [0, 0.05) is 12.6 Å². The van der Waals surface area contributed by atoms with E-state index >= 15 is 0 Å². The molecule has 0 radical (unpaired) electrons. The van der Waals surface area contributed by atoms with E-state index in [2.05, 4.69) is 24.4 Å². The zero-order valence-electron chi connectivity index (χ0n) is 11.1. The Balaban J connectivity index is 1.67. The van der Waals surface area contributed by atoms with Gasteiger partial charge in [-0.1, -0.05) is 25.5 Å². The summed E-state index contributed by atoms with van der Waals surface area (Å²) < 4.78 is 5.56. The van der Waals surface area contributed by atoms with Crippen LogP contribution in [0.1, 0.15) is 31.7 Å². The Hall–Kier alpha value is -1.06. The summed E-state index contributed by atoms with van der Waals surface area (Å²) in [5.41, 5.74) is 1.33. The van der Waals surface area contributed by atoms with Gasteiger partial charge in [0.2, 0.25) is 0 Å². The Morgan fingerprint density at radius 3 is 2.67 bits per heavy atom. The van der Waals surface area contributed by atoms with Crippen molar-refractivity contribution in [3.8, 4) is 5.75 Å². The Morgan fingerprint density at radius 2 is 2.06 bits per heavy atom. The predicted octanol–water partition coefficient (Wildman–Crippen LogP) is 2.13. The molecule has 3 heteroatoms. The fourth-order valence-electron chi connectivity index (χ4n) is 1.88. The fourth-order valence-corrected chi connectivity index (χ4v) is 1.88. The molecular formula is C15H23NO2. The second-order valence-corrected chi connectivity index (χ2v) is 5.04. The average molecular weight is 249 g/mol. The van der Waals surface area contributed by atoms with E-state index in [4.69, 9.17) is 4.74 Å². The molecule has 0 heterocycles. The van der Waals surface area contributed by atoms with Crippen LogP contribution in [0.2, 0.25) is 0 Å². The van der Waals surface area contributed by atoms with Gasteiger partial charge in [-0.2, -0.15) is 0 Å². The van der Waals surface area contributed by atoms with Crippen LogP contribution in [0.15, 0.2) is 24.3 Å². The lowest BCUT2D eigenvalue weighted by Gasteiger charge is -2.13. The first kappa shape index (κ1) is 13.4. The number of rotatable bonds is 8. The highest BCUT2D eigenvalue weighted by atomic mass is 16.5. The third kappa shape index (κ3) is 4.67. The standard InChI is InChI=1S/C15H23NO2/c1-2-3-12-4-8-15(9-5-12)18-11-14(17)10-16-13-6-7-13/h4-5,8-9,13-14,16-17H,2-3,6-7,10-11H2,1H3. The third-order valence-corrected chi connectivity index (χ3v) is 3.12. The van der Waals surface area contributed by atoms with Gasteiger partial charge in [-0.05, 0) is 37.0 Å². The molecule has 0 bridgehead atoms. The topological polar surface area (TPSA) is 41.5 Å². The first-order valence-corrected chi connectivity index (χ1v) is 6.91. The second kappa shape index (κ2) is 6.76. The van der Waals surface area contributed by atoms with E-state index in [0.717, 1.165) is 18.6 Å². The maximum absolute atomic E-state index is 9.74. The molecule has 1 fully saturated rings. The molecule has 100 valence electrons. The van der Waals surface area contributed by atoms with Crippen molar-refractivity contribution >= 4 is 0 Å². The number of ether oxygens (including phenoxy) is 1. The number of hydrogen-bond donors (Lipinski definition) is 2. The van der Waals surface area contributed by atoms with Gasteiger partial charge in [0.15, 0.2) is 0 Å². The minimum absolute atomic E-state index is 0.354. The van der Waals surface area contributed by atoms with Gasteiger partial charge in [0.1, 0.15) is 18.5 Å². The number of aliphatic hydroxyl groups is 1. The Kier molecular flexibility index (Phi) is 5.02. The molecule has 0 aromatic heterocycles. The molecule has 1 saturated carbocycles. The summed E-state index contributed by atoms with van der Waals surface area (Å²) in [5, 5.41) is 13.0. The summed E-state index contributed by atoms with van der Waals surface area (Å²) >= 11 is 0. The van der Waals surface area contributed by atoms with E-state index in [-0.39, 0.29) is 0 Å². The first-order chi connectivity index (χ1) is 8.78. The van der Waals surface area contributed by atoms with Gasteiger partial charge in [-0.15, -0.1) is 0 Å². The maximum Gasteiger partial charge on any atom is 0.119 e. The zero-order valence-corrected chi connectivity index (χ0v) is 11.1. The molecule has 1 aliphatic carbocycles. The van der Waals surface area contributed by atoms with Crippen molar-refractivity contribution < 1.29 is 9.84 Å². The molecule has 1 aromatic carbocycles. The van der Waals surface area contributed by atoms with Crippen molar-refractivity contribution in [2.75, 3.05) is 13.2 Å². The molecule has 0 aliphatic heterocycles. The minimum atomic E-state index is -0.430. The number of benzene rings is 1. The lowest BCUT2D eigenvalue weighted by molar-refractivity contribution is 0.106. The number of aliphatic hydroxyl groups excluding tert-OH is 1. The normalized spacial score (nSPS) is 16.6. The van der Waals surface area contributed by atoms with E-state index in [1.54, 1.807) is 0 Å². The third-order valence-electron chi connectivity index (χ3n) is 3.12. The molecule has 2 rings (SSSR count). The van der Waals surface area contributed by atoms with Crippen LogP contribution in [-0.2, 0) is 6.42 Å². The van der Waals surface area contributed by atoms with Gasteiger partial charge in [-0.25, -0.2) is 0 Å². The largest absolute Gasteiger partial charge is 0.491 e. The summed E-state index contributed by atoms with van der Waals surface area (Å²) in [6.07, 6.45) is 4.32. The lowest BCUT2D eigenvalue weighted by Crippen LogP contribution is -2.32.